The van der Waals surface area contributed by atoms with Crippen LogP contribution in [0, 0.1) is 6.92 Å². The van der Waals surface area contributed by atoms with Crippen LogP contribution in [-0.4, -0.2) is 0 Å². The van der Waals surface area contributed by atoms with E-state index in [1.165, 1.54) is 0 Å². The minimum atomic E-state index is 0.482. The van der Waals surface area contributed by atoms with E-state index >= 15 is 0 Å². The molecule has 0 amide bonds. The first-order chi connectivity index (χ1) is 6.60. The van der Waals surface area contributed by atoms with Crippen LogP contribution in [0.2, 0.25) is 10.0 Å². The molecule has 0 heterocycles. The van der Waals surface area contributed by atoms with Crippen molar-refractivity contribution < 1.29 is 0 Å². The summed E-state index contributed by atoms with van der Waals surface area (Å²) in [7, 11) is 0. The lowest BCUT2D eigenvalue weighted by atomic mass is 9.93. The summed E-state index contributed by atoms with van der Waals surface area (Å²) in [5.41, 5.74) is 2.23. The molecular formula is C12H16Cl2. The molecule has 0 spiro atoms. The van der Waals surface area contributed by atoms with Gasteiger partial charge in [0.25, 0.3) is 0 Å². The molecule has 0 aliphatic rings. The first-order valence-corrected chi connectivity index (χ1v) is 5.81. The summed E-state index contributed by atoms with van der Waals surface area (Å²) >= 11 is 12.4. The zero-order valence-electron chi connectivity index (χ0n) is 8.90. The van der Waals surface area contributed by atoms with Crippen LogP contribution in [-0.2, 0) is 0 Å². The normalized spacial score (nSPS) is 11.0. The molecule has 2 heteroatoms. The SMILES string of the molecule is CCC(CC)c1c(Cl)cc(C)cc1Cl. The molecule has 1 rings (SSSR count). The van der Waals surface area contributed by atoms with Gasteiger partial charge < -0.3 is 0 Å². The van der Waals surface area contributed by atoms with E-state index in [9.17, 15) is 0 Å². The van der Waals surface area contributed by atoms with Gasteiger partial charge in [-0.1, -0.05) is 37.0 Å². The van der Waals surface area contributed by atoms with E-state index in [1.807, 2.05) is 19.1 Å². The summed E-state index contributed by atoms with van der Waals surface area (Å²) in [6.45, 7) is 6.34. The minimum Gasteiger partial charge on any atom is -0.0840 e. The predicted octanol–water partition coefficient (Wildman–Crippen LogP) is 5.21. The minimum absolute atomic E-state index is 0.482. The topological polar surface area (TPSA) is 0 Å². The summed E-state index contributed by atoms with van der Waals surface area (Å²) in [5.74, 6) is 0.482. The van der Waals surface area contributed by atoms with E-state index in [2.05, 4.69) is 13.8 Å². The first kappa shape index (κ1) is 11.9. The van der Waals surface area contributed by atoms with Gasteiger partial charge in [0.1, 0.15) is 0 Å². The molecule has 0 radical (unpaired) electrons. The van der Waals surface area contributed by atoms with Crippen LogP contribution in [0.15, 0.2) is 12.1 Å². The average Bonchev–Trinajstić information content (AvgIpc) is 2.10. The molecular weight excluding hydrogens is 215 g/mol. The Kier molecular flexibility index (Phi) is 4.28. The Morgan fingerprint density at radius 3 is 1.86 bits per heavy atom. The van der Waals surface area contributed by atoms with E-state index in [0.717, 1.165) is 34.0 Å². The average molecular weight is 231 g/mol. The summed E-state index contributed by atoms with van der Waals surface area (Å²) in [6, 6.07) is 3.97. The van der Waals surface area contributed by atoms with Crippen molar-refractivity contribution in [1.82, 2.24) is 0 Å². The fraction of sp³-hybridized carbons (Fsp3) is 0.500. The first-order valence-electron chi connectivity index (χ1n) is 5.05. The second kappa shape index (κ2) is 5.04. The molecule has 0 aromatic heterocycles. The second-order valence-electron chi connectivity index (χ2n) is 3.66. The molecule has 0 bridgehead atoms. The van der Waals surface area contributed by atoms with Gasteiger partial charge in [0.2, 0.25) is 0 Å². The lowest BCUT2D eigenvalue weighted by Crippen LogP contribution is -1.98. The van der Waals surface area contributed by atoms with E-state index < -0.39 is 0 Å². The van der Waals surface area contributed by atoms with Crippen molar-refractivity contribution in [3.8, 4) is 0 Å². The third-order valence-corrected chi connectivity index (χ3v) is 3.24. The monoisotopic (exact) mass is 230 g/mol. The third kappa shape index (κ3) is 2.43. The Balaban J connectivity index is 3.19. The Morgan fingerprint density at radius 2 is 1.50 bits per heavy atom. The number of hydrogen-bond donors (Lipinski definition) is 0. The van der Waals surface area contributed by atoms with Gasteiger partial charge in [0.15, 0.2) is 0 Å². The van der Waals surface area contributed by atoms with Gasteiger partial charge in [0.05, 0.1) is 0 Å². The standard InChI is InChI=1S/C12H16Cl2/c1-4-9(5-2)12-10(13)6-8(3)7-11(12)14/h6-7,9H,4-5H2,1-3H3. The second-order valence-corrected chi connectivity index (χ2v) is 4.47. The maximum absolute atomic E-state index is 6.20. The van der Waals surface area contributed by atoms with E-state index in [0.29, 0.717) is 5.92 Å². The maximum Gasteiger partial charge on any atom is 0.0458 e. The maximum atomic E-state index is 6.20. The Hall–Kier alpha value is -0.200. The quantitative estimate of drug-likeness (QED) is 0.670. The van der Waals surface area contributed by atoms with Gasteiger partial charge in [0, 0.05) is 10.0 Å². The highest BCUT2D eigenvalue weighted by Crippen LogP contribution is 2.36. The number of rotatable bonds is 3. The highest BCUT2D eigenvalue weighted by atomic mass is 35.5. The molecule has 1 aromatic carbocycles. The van der Waals surface area contributed by atoms with Gasteiger partial charge in [-0.15, -0.1) is 0 Å². The summed E-state index contributed by atoms with van der Waals surface area (Å²) in [5, 5.41) is 1.62. The number of benzene rings is 1. The molecule has 0 saturated heterocycles. The van der Waals surface area contributed by atoms with Crippen molar-refractivity contribution in [3.63, 3.8) is 0 Å². The van der Waals surface area contributed by atoms with E-state index in [-0.39, 0.29) is 0 Å². The van der Waals surface area contributed by atoms with Crippen LogP contribution >= 0.6 is 23.2 Å². The highest BCUT2D eigenvalue weighted by Gasteiger charge is 2.15. The molecule has 0 aliphatic heterocycles. The molecule has 0 fully saturated rings. The van der Waals surface area contributed by atoms with E-state index in [1.54, 1.807) is 0 Å². The zero-order chi connectivity index (χ0) is 10.7. The predicted molar refractivity (Wildman–Crippen MR) is 64.5 cm³/mol. The van der Waals surface area contributed by atoms with Crippen LogP contribution < -0.4 is 0 Å². The van der Waals surface area contributed by atoms with E-state index in [4.69, 9.17) is 23.2 Å². The number of halogens is 2. The molecule has 0 N–H and O–H groups in total. The lowest BCUT2D eigenvalue weighted by Gasteiger charge is -2.16. The van der Waals surface area contributed by atoms with Crippen LogP contribution in [0.1, 0.15) is 43.7 Å². The molecule has 0 nitrogen and oxygen atoms in total. The van der Waals surface area contributed by atoms with Gasteiger partial charge in [-0.05, 0) is 48.9 Å². The van der Waals surface area contributed by atoms with Crippen molar-refractivity contribution in [1.29, 1.82) is 0 Å². The van der Waals surface area contributed by atoms with Crippen LogP contribution in [0.3, 0.4) is 0 Å². The Bertz CT molecular complexity index is 291. The van der Waals surface area contributed by atoms with Crippen molar-refractivity contribution in [3.05, 3.63) is 33.3 Å². The zero-order valence-corrected chi connectivity index (χ0v) is 10.4. The Morgan fingerprint density at radius 1 is 1.07 bits per heavy atom. The third-order valence-electron chi connectivity index (χ3n) is 2.62. The Labute approximate surface area is 96.2 Å². The smallest absolute Gasteiger partial charge is 0.0458 e. The molecule has 0 aliphatic carbocycles. The fourth-order valence-corrected chi connectivity index (χ4v) is 2.70. The lowest BCUT2D eigenvalue weighted by molar-refractivity contribution is 0.642. The molecule has 14 heavy (non-hydrogen) atoms. The van der Waals surface area contributed by atoms with Crippen molar-refractivity contribution >= 4 is 23.2 Å². The van der Waals surface area contributed by atoms with Gasteiger partial charge in [-0.3, -0.25) is 0 Å². The van der Waals surface area contributed by atoms with Crippen molar-refractivity contribution in [2.45, 2.75) is 39.5 Å². The molecule has 0 saturated carbocycles. The van der Waals surface area contributed by atoms with Gasteiger partial charge in [-0.2, -0.15) is 0 Å². The van der Waals surface area contributed by atoms with Gasteiger partial charge in [-0.25, -0.2) is 0 Å². The molecule has 0 unspecified atom stereocenters. The highest BCUT2D eigenvalue weighted by molar-refractivity contribution is 6.36. The van der Waals surface area contributed by atoms with Crippen LogP contribution in [0.5, 0.6) is 0 Å². The summed E-state index contributed by atoms with van der Waals surface area (Å²) < 4.78 is 0. The molecule has 78 valence electrons. The van der Waals surface area contributed by atoms with Crippen LogP contribution in [0.4, 0.5) is 0 Å². The van der Waals surface area contributed by atoms with Gasteiger partial charge >= 0.3 is 0 Å². The largest absolute Gasteiger partial charge is 0.0840 e. The fourth-order valence-electron chi connectivity index (χ4n) is 1.80. The number of aryl methyl sites for hydroxylation is 1. The van der Waals surface area contributed by atoms with Crippen LogP contribution in [0.25, 0.3) is 0 Å². The number of hydrogen-bond acceptors (Lipinski definition) is 0. The molecule has 1 aromatic rings. The summed E-state index contributed by atoms with van der Waals surface area (Å²) in [6.07, 6.45) is 2.16. The molecule has 0 atom stereocenters. The summed E-state index contributed by atoms with van der Waals surface area (Å²) in [4.78, 5) is 0. The van der Waals surface area contributed by atoms with Crippen molar-refractivity contribution in [2.24, 2.45) is 0 Å². The van der Waals surface area contributed by atoms with Crippen molar-refractivity contribution in [2.75, 3.05) is 0 Å².